The molecule has 0 fully saturated rings. The van der Waals surface area contributed by atoms with Crippen LogP contribution in [-0.4, -0.2) is 46.6 Å². The summed E-state index contributed by atoms with van der Waals surface area (Å²) in [6.07, 6.45) is -4.17. The van der Waals surface area contributed by atoms with Gasteiger partial charge in [0.05, 0.1) is 15.6 Å². The molecule has 1 heterocycles. The Morgan fingerprint density at radius 1 is 1.21 bits per heavy atom. The van der Waals surface area contributed by atoms with Gasteiger partial charge in [-0.2, -0.15) is 5.10 Å². The summed E-state index contributed by atoms with van der Waals surface area (Å²) in [6, 6.07) is 8.33. The topological polar surface area (TPSA) is 85.2 Å². The van der Waals surface area contributed by atoms with Crippen LogP contribution in [0.1, 0.15) is 27.9 Å². The van der Waals surface area contributed by atoms with Crippen LogP contribution in [0.25, 0.3) is 0 Å². The van der Waals surface area contributed by atoms with Crippen LogP contribution in [0.4, 0.5) is 13.2 Å². The number of nitrogens with one attached hydrogen (secondary N) is 1. The van der Waals surface area contributed by atoms with Crippen molar-refractivity contribution >= 4 is 34.9 Å². The van der Waals surface area contributed by atoms with Gasteiger partial charge in [0.15, 0.2) is 0 Å². The van der Waals surface area contributed by atoms with Crippen molar-refractivity contribution in [3.05, 3.63) is 80.2 Å². The Hall–Kier alpha value is -2.59. The van der Waals surface area contributed by atoms with Gasteiger partial charge < -0.3 is 10.2 Å². The molecule has 0 saturated carbocycles. The van der Waals surface area contributed by atoms with Gasteiger partial charge in [0.1, 0.15) is 17.7 Å². The Kier molecular flexibility index (Phi) is 8.01. The van der Waals surface area contributed by atoms with Crippen molar-refractivity contribution in [2.45, 2.75) is 32.0 Å². The van der Waals surface area contributed by atoms with Crippen LogP contribution in [0.3, 0.4) is 0 Å². The molecule has 1 atom stereocenters. The van der Waals surface area contributed by atoms with Gasteiger partial charge >= 0.3 is 5.97 Å². The van der Waals surface area contributed by atoms with Crippen molar-refractivity contribution in [2.75, 3.05) is 7.05 Å². The van der Waals surface area contributed by atoms with Gasteiger partial charge in [-0.15, -0.1) is 0 Å². The third-order valence-corrected chi connectivity index (χ3v) is 5.82. The molecular formula is C22H20Cl2F3N3O3. The second kappa shape index (κ2) is 10.6. The van der Waals surface area contributed by atoms with E-state index in [0.29, 0.717) is 22.2 Å². The van der Waals surface area contributed by atoms with Crippen molar-refractivity contribution in [1.29, 1.82) is 0 Å². The summed E-state index contributed by atoms with van der Waals surface area (Å²) in [4.78, 5) is 10.9. The molecule has 0 aliphatic carbocycles. The SMILES string of the molecule is CN1N=C(Cc2ccc(Cl)c(Cl)c2)CC(C(O)NCc2ccc(C(=O)O)cc2F)=C1C(F)F. The molecule has 0 amide bonds. The largest absolute Gasteiger partial charge is 0.478 e. The molecule has 0 saturated heterocycles. The first-order chi connectivity index (χ1) is 15.6. The van der Waals surface area contributed by atoms with Gasteiger partial charge in [-0.1, -0.05) is 35.3 Å². The number of aliphatic hydroxyl groups excluding tert-OH is 1. The van der Waals surface area contributed by atoms with Gasteiger partial charge in [-0.3, -0.25) is 10.3 Å². The summed E-state index contributed by atoms with van der Waals surface area (Å²) in [7, 11) is 1.35. The van der Waals surface area contributed by atoms with Crippen molar-refractivity contribution in [3.63, 3.8) is 0 Å². The standard InChI is InChI=1S/C22H20Cl2F3N3O3/c1-30-19(20(26)27)15(9-14(29-30)6-11-2-5-16(23)17(24)7-11)21(31)28-10-13-4-3-12(22(32)33)8-18(13)25/h2-5,7-8,20-21,28,31H,6,9-10H2,1H3,(H,32,33). The summed E-state index contributed by atoms with van der Waals surface area (Å²) in [6.45, 7) is -0.212. The summed E-state index contributed by atoms with van der Waals surface area (Å²) < 4.78 is 41.6. The minimum Gasteiger partial charge on any atom is -0.478 e. The number of halogens is 5. The summed E-state index contributed by atoms with van der Waals surface area (Å²) in [5.41, 5.74) is 0.672. The molecule has 0 radical (unpaired) electrons. The first-order valence-electron chi connectivity index (χ1n) is 9.75. The molecule has 11 heteroatoms. The first-order valence-corrected chi connectivity index (χ1v) is 10.5. The second-order valence-corrected chi connectivity index (χ2v) is 8.21. The zero-order valence-corrected chi connectivity index (χ0v) is 18.8. The minimum atomic E-state index is -2.90. The van der Waals surface area contributed by atoms with E-state index >= 15 is 0 Å². The maximum atomic E-state index is 14.2. The van der Waals surface area contributed by atoms with Crippen molar-refractivity contribution in [2.24, 2.45) is 5.10 Å². The van der Waals surface area contributed by atoms with E-state index in [1.807, 2.05) is 0 Å². The normalized spacial score (nSPS) is 15.2. The third kappa shape index (κ3) is 6.05. The quantitative estimate of drug-likeness (QED) is 0.456. The fourth-order valence-corrected chi connectivity index (χ4v) is 3.80. The van der Waals surface area contributed by atoms with Crippen LogP contribution in [0.5, 0.6) is 0 Å². The number of hydrogen-bond donors (Lipinski definition) is 3. The predicted octanol–water partition coefficient (Wildman–Crippen LogP) is 4.69. The average molecular weight is 502 g/mol. The number of carbonyl (C=O) groups is 1. The molecular weight excluding hydrogens is 482 g/mol. The molecule has 0 spiro atoms. The molecule has 1 unspecified atom stereocenters. The fraction of sp³-hybridized carbons (Fsp3) is 0.273. The fourth-order valence-electron chi connectivity index (χ4n) is 3.47. The lowest BCUT2D eigenvalue weighted by Crippen LogP contribution is -2.38. The van der Waals surface area contributed by atoms with E-state index in [0.717, 1.165) is 16.6 Å². The minimum absolute atomic E-state index is 0.000116. The highest BCUT2D eigenvalue weighted by Gasteiger charge is 2.30. The average Bonchev–Trinajstić information content (AvgIpc) is 2.74. The molecule has 2 aromatic rings. The molecule has 1 aliphatic heterocycles. The molecule has 0 aromatic heterocycles. The Balaban J connectivity index is 1.77. The van der Waals surface area contributed by atoms with E-state index in [2.05, 4.69) is 10.4 Å². The van der Waals surface area contributed by atoms with Crippen LogP contribution in [-0.2, 0) is 13.0 Å². The number of carboxylic acid groups (broad SMARTS) is 1. The maximum Gasteiger partial charge on any atom is 0.335 e. The lowest BCUT2D eigenvalue weighted by molar-refractivity contribution is 0.0696. The third-order valence-electron chi connectivity index (χ3n) is 5.08. The number of hydrogen-bond acceptors (Lipinski definition) is 5. The van der Waals surface area contributed by atoms with E-state index in [4.69, 9.17) is 28.3 Å². The van der Waals surface area contributed by atoms with Gasteiger partial charge in [-0.25, -0.2) is 18.0 Å². The monoisotopic (exact) mass is 501 g/mol. The number of carboxylic acids is 1. The number of alkyl halides is 2. The molecule has 33 heavy (non-hydrogen) atoms. The van der Waals surface area contributed by atoms with Crippen molar-refractivity contribution in [3.8, 4) is 0 Å². The van der Waals surface area contributed by atoms with Crippen molar-refractivity contribution in [1.82, 2.24) is 10.3 Å². The predicted molar refractivity (Wildman–Crippen MR) is 119 cm³/mol. The highest BCUT2D eigenvalue weighted by molar-refractivity contribution is 6.42. The number of nitrogens with zero attached hydrogens (tertiary/aromatic N) is 2. The number of hydrazone groups is 1. The van der Waals surface area contributed by atoms with Crippen LogP contribution < -0.4 is 5.32 Å². The number of aromatic carboxylic acids is 1. The zero-order valence-electron chi connectivity index (χ0n) is 17.3. The molecule has 176 valence electrons. The van der Waals surface area contributed by atoms with Gasteiger partial charge in [0, 0.05) is 43.3 Å². The van der Waals surface area contributed by atoms with Crippen LogP contribution in [0.15, 0.2) is 52.8 Å². The zero-order chi connectivity index (χ0) is 24.3. The maximum absolute atomic E-state index is 14.2. The molecule has 1 aliphatic rings. The van der Waals surface area contributed by atoms with E-state index in [1.54, 1.807) is 18.2 Å². The van der Waals surface area contributed by atoms with Gasteiger partial charge in [-0.05, 0) is 29.8 Å². The van der Waals surface area contributed by atoms with Crippen LogP contribution in [0.2, 0.25) is 10.0 Å². The van der Waals surface area contributed by atoms with Crippen LogP contribution >= 0.6 is 23.2 Å². The highest BCUT2D eigenvalue weighted by Crippen LogP contribution is 2.29. The van der Waals surface area contributed by atoms with Gasteiger partial charge in [0.25, 0.3) is 6.43 Å². The van der Waals surface area contributed by atoms with E-state index in [1.165, 1.54) is 19.2 Å². The van der Waals surface area contributed by atoms with Crippen molar-refractivity contribution < 1.29 is 28.2 Å². The van der Waals surface area contributed by atoms with Crippen LogP contribution in [0, 0.1) is 5.82 Å². The molecule has 2 aromatic carbocycles. The number of rotatable bonds is 8. The summed E-state index contributed by atoms with van der Waals surface area (Å²) in [5.74, 6) is -2.07. The molecule has 0 bridgehead atoms. The number of aliphatic hydroxyl groups is 1. The molecule has 3 rings (SSSR count). The van der Waals surface area contributed by atoms with Gasteiger partial charge in [0.2, 0.25) is 0 Å². The molecule has 3 N–H and O–H groups in total. The van der Waals surface area contributed by atoms with E-state index in [9.17, 15) is 23.1 Å². The Bertz CT molecular complexity index is 1130. The highest BCUT2D eigenvalue weighted by atomic mass is 35.5. The first kappa shape index (κ1) is 25.0. The second-order valence-electron chi connectivity index (χ2n) is 7.40. The molecule has 6 nitrogen and oxygen atoms in total. The van der Waals surface area contributed by atoms with E-state index < -0.39 is 30.1 Å². The lowest BCUT2D eigenvalue weighted by atomic mass is 9.97. The smallest absolute Gasteiger partial charge is 0.335 e. The Labute approximate surface area is 197 Å². The lowest BCUT2D eigenvalue weighted by Gasteiger charge is -2.30. The Morgan fingerprint density at radius 3 is 2.55 bits per heavy atom. The summed E-state index contributed by atoms with van der Waals surface area (Å²) >= 11 is 12.0. The number of benzene rings is 2. The Morgan fingerprint density at radius 2 is 1.94 bits per heavy atom. The van der Waals surface area contributed by atoms with E-state index in [-0.39, 0.29) is 29.7 Å². The summed E-state index contributed by atoms with van der Waals surface area (Å²) in [5, 5.41) is 28.1. The number of allylic oxidation sites excluding steroid dienone is 1.